The van der Waals surface area contributed by atoms with Crippen LogP contribution >= 0.6 is 11.8 Å². The Morgan fingerprint density at radius 3 is 2.69 bits per heavy atom. The van der Waals surface area contributed by atoms with Crippen LogP contribution in [0.2, 0.25) is 0 Å². The lowest BCUT2D eigenvalue weighted by Gasteiger charge is -2.27. The predicted molar refractivity (Wildman–Crippen MR) is 112 cm³/mol. The standard InChI is InChI=1S/C18H25N9OS/c1-25(2)16-21-14(20-15(19)22-16)12-29-18-24-23-17(26-8-4-3-5-9-26)27(18)11-13-7-6-10-28-13/h6-7,10H,3-5,8-9,11-12H2,1-2H3,(H2,19,20,21,22). The minimum absolute atomic E-state index is 0.213. The number of furan rings is 1. The number of thioether (sulfide) groups is 1. The second-order valence-electron chi connectivity index (χ2n) is 7.09. The zero-order valence-electron chi connectivity index (χ0n) is 16.7. The van der Waals surface area contributed by atoms with Crippen LogP contribution in [0.5, 0.6) is 0 Å². The molecule has 0 amide bonds. The molecular formula is C18H25N9OS. The van der Waals surface area contributed by atoms with Gasteiger partial charge in [0, 0.05) is 27.2 Å². The number of nitrogens with zero attached hydrogens (tertiary/aromatic N) is 8. The number of hydrogen-bond donors (Lipinski definition) is 1. The lowest BCUT2D eigenvalue weighted by atomic mass is 10.1. The van der Waals surface area contributed by atoms with Crippen LogP contribution < -0.4 is 15.5 Å². The molecule has 4 rings (SSSR count). The van der Waals surface area contributed by atoms with Crippen molar-refractivity contribution in [1.82, 2.24) is 29.7 Å². The van der Waals surface area contributed by atoms with E-state index in [-0.39, 0.29) is 5.95 Å². The van der Waals surface area contributed by atoms with Gasteiger partial charge in [0.25, 0.3) is 0 Å². The van der Waals surface area contributed by atoms with Crippen LogP contribution in [-0.4, -0.2) is 56.9 Å². The molecule has 10 nitrogen and oxygen atoms in total. The van der Waals surface area contributed by atoms with Gasteiger partial charge >= 0.3 is 0 Å². The molecule has 0 atom stereocenters. The molecule has 0 saturated carbocycles. The van der Waals surface area contributed by atoms with E-state index < -0.39 is 0 Å². The van der Waals surface area contributed by atoms with Gasteiger partial charge in [0.15, 0.2) is 5.16 Å². The van der Waals surface area contributed by atoms with E-state index in [1.54, 1.807) is 11.2 Å². The van der Waals surface area contributed by atoms with Gasteiger partial charge in [-0.3, -0.25) is 4.57 Å². The second kappa shape index (κ2) is 8.68. The number of nitrogen functional groups attached to an aromatic ring is 1. The molecule has 1 aliphatic heterocycles. The summed E-state index contributed by atoms with van der Waals surface area (Å²) in [5, 5.41) is 9.73. The van der Waals surface area contributed by atoms with Gasteiger partial charge in [-0.1, -0.05) is 11.8 Å². The van der Waals surface area contributed by atoms with E-state index in [1.807, 2.05) is 26.2 Å². The van der Waals surface area contributed by atoms with E-state index in [0.717, 1.165) is 30.0 Å². The quantitative estimate of drug-likeness (QED) is 0.575. The minimum atomic E-state index is 0.213. The van der Waals surface area contributed by atoms with Gasteiger partial charge in [-0.25, -0.2) is 0 Å². The van der Waals surface area contributed by atoms with Gasteiger partial charge in [-0.2, -0.15) is 15.0 Å². The smallest absolute Gasteiger partial charge is 0.229 e. The summed E-state index contributed by atoms with van der Waals surface area (Å²) in [7, 11) is 3.74. The monoisotopic (exact) mass is 415 g/mol. The van der Waals surface area contributed by atoms with Gasteiger partial charge in [0.1, 0.15) is 11.6 Å². The third-order valence-electron chi connectivity index (χ3n) is 4.65. The summed E-state index contributed by atoms with van der Waals surface area (Å²) in [5.74, 6) is 3.63. The Morgan fingerprint density at radius 2 is 1.97 bits per heavy atom. The first kappa shape index (κ1) is 19.5. The lowest BCUT2D eigenvalue weighted by Crippen LogP contribution is -2.32. The number of nitrogens with two attached hydrogens (primary N) is 1. The van der Waals surface area contributed by atoms with Crippen molar-refractivity contribution in [1.29, 1.82) is 0 Å². The molecule has 11 heteroatoms. The maximum atomic E-state index is 5.84. The average Bonchev–Trinajstić information content (AvgIpc) is 3.37. The molecule has 0 spiro atoms. The van der Waals surface area contributed by atoms with Crippen molar-refractivity contribution < 1.29 is 4.42 Å². The Kier molecular flexibility index (Phi) is 5.84. The molecule has 0 radical (unpaired) electrons. The number of hydrogen-bond acceptors (Lipinski definition) is 10. The molecule has 4 heterocycles. The van der Waals surface area contributed by atoms with E-state index in [4.69, 9.17) is 10.2 Å². The molecule has 1 fully saturated rings. The summed E-state index contributed by atoms with van der Waals surface area (Å²) in [4.78, 5) is 17.0. The first-order chi connectivity index (χ1) is 14.1. The van der Waals surface area contributed by atoms with Gasteiger partial charge < -0.3 is 20.0 Å². The van der Waals surface area contributed by atoms with Crippen LogP contribution in [0, 0.1) is 0 Å². The summed E-state index contributed by atoms with van der Waals surface area (Å²) in [6.07, 6.45) is 5.30. The van der Waals surface area contributed by atoms with Crippen LogP contribution in [0.1, 0.15) is 30.8 Å². The highest BCUT2D eigenvalue weighted by Gasteiger charge is 2.21. The van der Waals surface area contributed by atoms with Crippen LogP contribution in [0.3, 0.4) is 0 Å². The molecule has 0 aromatic carbocycles. The van der Waals surface area contributed by atoms with Gasteiger partial charge in [0.2, 0.25) is 17.8 Å². The predicted octanol–water partition coefficient (Wildman–Crippen LogP) is 2.04. The van der Waals surface area contributed by atoms with Gasteiger partial charge in [-0.05, 0) is 31.4 Å². The molecule has 0 aliphatic carbocycles. The zero-order chi connectivity index (χ0) is 20.2. The van der Waals surface area contributed by atoms with Crippen molar-refractivity contribution in [2.45, 2.75) is 36.7 Å². The van der Waals surface area contributed by atoms with Crippen LogP contribution in [-0.2, 0) is 12.3 Å². The number of aromatic nitrogens is 6. The van der Waals surface area contributed by atoms with Gasteiger partial charge in [0.05, 0.1) is 18.6 Å². The maximum absolute atomic E-state index is 5.84. The Labute approximate surface area is 173 Å². The molecular weight excluding hydrogens is 390 g/mol. The van der Waals surface area contributed by atoms with E-state index in [9.17, 15) is 0 Å². The molecule has 0 unspecified atom stereocenters. The van der Waals surface area contributed by atoms with E-state index in [2.05, 4.69) is 34.6 Å². The third kappa shape index (κ3) is 4.61. The molecule has 3 aromatic rings. The summed E-state index contributed by atoms with van der Waals surface area (Å²) in [6.45, 7) is 2.57. The molecule has 29 heavy (non-hydrogen) atoms. The normalized spacial score (nSPS) is 14.3. The molecule has 0 bridgehead atoms. The third-order valence-corrected chi connectivity index (χ3v) is 5.61. The number of rotatable bonds is 7. The topological polar surface area (TPSA) is 115 Å². The number of anilines is 3. The highest BCUT2D eigenvalue weighted by molar-refractivity contribution is 7.98. The van der Waals surface area contributed by atoms with Crippen LogP contribution in [0.25, 0.3) is 0 Å². The first-order valence-corrected chi connectivity index (χ1v) is 10.6. The molecule has 2 N–H and O–H groups in total. The Balaban J connectivity index is 1.57. The van der Waals surface area contributed by atoms with E-state index in [0.29, 0.717) is 24.1 Å². The van der Waals surface area contributed by atoms with Crippen molar-refractivity contribution in [2.75, 3.05) is 42.7 Å². The first-order valence-electron chi connectivity index (χ1n) is 9.61. The maximum Gasteiger partial charge on any atom is 0.229 e. The Bertz CT molecular complexity index is 935. The largest absolute Gasteiger partial charge is 0.467 e. The minimum Gasteiger partial charge on any atom is -0.467 e. The summed E-state index contributed by atoms with van der Waals surface area (Å²) < 4.78 is 7.67. The van der Waals surface area contributed by atoms with Crippen molar-refractivity contribution in [2.24, 2.45) is 0 Å². The highest BCUT2D eigenvalue weighted by atomic mass is 32.2. The SMILES string of the molecule is CN(C)c1nc(N)nc(CSc2nnc(N3CCCCC3)n2Cc2ccco2)n1. The fraction of sp³-hybridized carbons (Fsp3) is 0.500. The summed E-state index contributed by atoms with van der Waals surface area (Å²) >= 11 is 1.53. The summed E-state index contributed by atoms with van der Waals surface area (Å²) in [5.41, 5.74) is 5.84. The fourth-order valence-electron chi connectivity index (χ4n) is 3.23. The molecule has 1 saturated heterocycles. The Hall–Kier alpha value is -2.82. The highest BCUT2D eigenvalue weighted by Crippen LogP contribution is 2.27. The molecule has 3 aromatic heterocycles. The average molecular weight is 416 g/mol. The van der Waals surface area contributed by atoms with Crippen molar-refractivity contribution >= 4 is 29.6 Å². The van der Waals surface area contributed by atoms with Crippen molar-refractivity contribution in [3.63, 3.8) is 0 Å². The lowest BCUT2D eigenvalue weighted by molar-refractivity contribution is 0.479. The molecule has 1 aliphatic rings. The van der Waals surface area contributed by atoms with Gasteiger partial charge in [-0.15, -0.1) is 10.2 Å². The van der Waals surface area contributed by atoms with E-state index in [1.165, 1.54) is 31.0 Å². The zero-order valence-corrected chi connectivity index (χ0v) is 17.5. The van der Waals surface area contributed by atoms with Crippen LogP contribution in [0.15, 0.2) is 28.0 Å². The molecule has 154 valence electrons. The van der Waals surface area contributed by atoms with Crippen LogP contribution in [0.4, 0.5) is 17.8 Å². The fourth-order valence-corrected chi connectivity index (χ4v) is 4.02. The Morgan fingerprint density at radius 1 is 1.14 bits per heavy atom. The van der Waals surface area contributed by atoms with Crippen molar-refractivity contribution in [3.05, 3.63) is 30.0 Å². The van der Waals surface area contributed by atoms with E-state index >= 15 is 0 Å². The summed E-state index contributed by atoms with van der Waals surface area (Å²) in [6, 6.07) is 3.86. The number of piperidine rings is 1. The second-order valence-corrected chi connectivity index (χ2v) is 8.03. The van der Waals surface area contributed by atoms with Crippen molar-refractivity contribution in [3.8, 4) is 0 Å².